The molecule has 0 aliphatic heterocycles. The van der Waals surface area contributed by atoms with E-state index >= 15 is 0 Å². The van der Waals surface area contributed by atoms with Gasteiger partial charge < -0.3 is 14.1 Å². The lowest BCUT2D eigenvalue weighted by Gasteiger charge is -2.19. The van der Waals surface area contributed by atoms with Gasteiger partial charge in [0.1, 0.15) is 5.71 Å². The van der Waals surface area contributed by atoms with Crippen LogP contribution in [-0.4, -0.2) is 40.4 Å². The third-order valence-corrected chi connectivity index (χ3v) is 9.68. The minimum Gasteiger partial charge on any atom is -0.466 e. The molecule has 5 rings (SSSR count). The van der Waals surface area contributed by atoms with Crippen LogP contribution in [0, 0.1) is 26.7 Å². The first-order valence-electron chi connectivity index (χ1n) is 18.0. The van der Waals surface area contributed by atoms with E-state index in [-0.39, 0.29) is 30.9 Å². The summed E-state index contributed by atoms with van der Waals surface area (Å²) < 4.78 is 7.41. The number of unbranched alkanes of at least 4 members (excludes halogenated alkanes) is 1. The van der Waals surface area contributed by atoms with Crippen LogP contribution in [0.4, 0.5) is 0 Å². The first-order chi connectivity index (χ1) is 24.5. The third-order valence-electron chi connectivity index (χ3n) is 9.68. The fourth-order valence-corrected chi connectivity index (χ4v) is 7.27. The van der Waals surface area contributed by atoms with Crippen molar-refractivity contribution in [1.29, 1.82) is 0 Å². The van der Waals surface area contributed by atoms with E-state index in [1.54, 1.807) is 13.0 Å². The fraction of sp³-hybridized carbons (Fsp3) is 0.372. The van der Waals surface area contributed by atoms with Crippen molar-refractivity contribution < 1.29 is 28.8 Å². The van der Waals surface area contributed by atoms with Crippen LogP contribution < -0.4 is 0 Å². The van der Waals surface area contributed by atoms with E-state index in [0.29, 0.717) is 22.6 Å². The largest absolute Gasteiger partial charge is 0.466 e. The Bertz CT molecular complexity index is 2150. The molecule has 0 spiro atoms. The van der Waals surface area contributed by atoms with Crippen molar-refractivity contribution in [2.24, 2.45) is 11.1 Å². The SMILES string of the molecule is CCCCC(CC)Cn1c2ccc(C(=O)C(CCC(=O)OCC)=NOC(C)=O)cc2c2cc(C(=O)c3c(C)cc(C)cc3C)c3ccccc3c21. The summed E-state index contributed by atoms with van der Waals surface area (Å²) in [6.45, 7) is 14.3. The summed E-state index contributed by atoms with van der Waals surface area (Å²) in [7, 11) is 0. The predicted molar refractivity (Wildman–Crippen MR) is 204 cm³/mol. The van der Waals surface area contributed by atoms with Gasteiger partial charge in [0, 0.05) is 58.3 Å². The Morgan fingerprint density at radius 2 is 1.53 bits per heavy atom. The summed E-state index contributed by atoms with van der Waals surface area (Å²) >= 11 is 0. The van der Waals surface area contributed by atoms with Crippen molar-refractivity contribution in [1.82, 2.24) is 4.57 Å². The molecule has 0 saturated heterocycles. The average molecular weight is 689 g/mol. The second-order valence-electron chi connectivity index (χ2n) is 13.5. The third kappa shape index (κ3) is 7.95. The highest BCUT2D eigenvalue weighted by atomic mass is 16.7. The van der Waals surface area contributed by atoms with Gasteiger partial charge in [-0.3, -0.25) is 14.4 Å². The maximum atomic E-state index is 14.6. The molecule has 0 radical (unpaired) electrons. The van der Waals surface area contributed by atoms with Crippen LogP contribution in [0.3, 0.4) is 0 Å². The lowest BCUT2D eigenvalue weighted by atomic mass is 9.89. The maximum Gasteiger partial charge on any atom is 0.331 e. The Morgan fingerprint density at radius 3 is 2.18 bits per heavy atom. The van der Waals surface area contributed by atoms with Crippen molar-refractivity contribution >= 4 is 61.8 Å². The van der Waals surface area contributed by atoms with E-state index in [1.165, 1.54) is 6.92 Å². The number of aromatic nitrogens is 1. The molecule has 8 heteroatoms. The summed E-state index contributed by atoms with van der Waals surface area (Å²) in [5.41, 5.74) is 6.52. The molecule has 0 fully saturated rings. The molecular formula is C43H48N2O6. The van der Waals surface area contributed by atoms with Gasteiger partial charge in [0.05, 0.1) is 18.5 Å². The topological polar surface area (TPSA) is 104 Å². The van der Waals surface area contributed by atoms with Gasteiger partial charge in [-0.15, -0.1) is 0 Å². The van der Waals surface area contributed by atoms with Crippen molar-refractivity contribution in [2.45, 2.75) is 93.5 Å². The number of ketones is 2. The number of hydrogen-bond donors (Lipinski definition) is 0. The number of hydrogen-bond acceptors (Lipinski definition) is 7. The van der Waals surface area contributed by atoms with E-state index in [0.717, 1.165) is 81.5 Å². The normalized spacial score (nSPS) is 12.4. The number of carbonyl (C=O) groups excluding carboxylic acids is 4. The van der Waals surface area contributed by atoms with E-state index in [2.05, 4.69) is 29.6 Å². The Hall–Kier alpha value is -5.11. The van der Waals surface area contributed by atoms with Crippen molar-refractivity contribution in [3.05, 3.63) is 94.0 Å². The second kappa shape index (κ2) is 16.3. The van der Waals surface area contributed by atoms with Crippen LogP contribution in [0.2, 0.25) is 0 Å². The van der Waals surface area contributed by atoms with E-state index < -0.39 is 17.7 Å². The molecule has 0 bridgehead atoms. The van der Waals surface area contributed by atoms with Gasteiger partial charge in [-0.05, 0) is 80.8 Å². The van der Waals surface area contributed by atoms with Crippen molar-refractivity contribution in [3.63, 3.8) is 0 Å². The standard InChI is InChI=1S/C43H48N2O6/c1-8-11-14-30(9-2)25-45-38-19-17-31(42(48)37(44-51-29(7)46)18-20-39(47)50-10-3)23-34(38)35-24-36(32-15-12-13-16-33(32)41(35)45)43(49)40-27(5)21-26(4)22-28(40)6/h12-13,15-17,19,21-24,30H,8-11,14,18,20,25H2,1-7H3. The molecule has 0 N–H and O–H groups in total. The van der Waals surface area contributed by atoms with Gasteiger partial charge in [-0.1, -0.05) is 80.2 Å². The number of nitrogens with zero attached hydrogens (tertiary/aromatic N) is 2. The van der Waals surface area contributed by atoms with Gasteiger partial charge in [-0.2, -0.15) is 0 Å². The molecule has 1 unspecified atom stereocenters. The molecule has 1 aromatic heterocycles. The molecule has 0 aliphatic rings. The zero-order valence-corrected chi connectivity index (χ0v) is 30.9. The summed E-state index contributed by atoms with van der Waals surface area (Å²) in [6, 6.07) is 19.7. The molecule has 266 valence electrons. The Balaban J connectivity index is 1.76. The summed E-state index contributed by atoms with van der Waals surface area (Å²) in [6.07, 6.45) is 4.23. The fourth-order valence-electron chi connectivity index (χ4n) is 7.27. The predicted octanol–water partition coefficient (Wildman–Crippen LogP) is 9.77. The zero-order chi connectivity index (χ0) is 36.8. The molecule has 0 aliphatic carbocycles. The van der Waals surface area contributed by atoms with Gasteiger partial charge in [-0.25, -0.2) is 4.79 Å². The number of benzene rings is 4. The smallest absolute Gasteiger partial charge is 0.331 e. The van der Waals surface area contributed by atoms with Crippen LogP contribution in [0.5, 0.6) is 0 Å². The van der Waals surface area contributed by atoms with E-state index in [9.17, 15) is 19.2 Å². The quantitative estimate of drug-likeness (QED) is 0.0357. The average Bonchev–Trinajstić information content (AvgIpc) is 3.41. The molecule has 0 saturated carbocycles. The molecule has 51 heavy (non-hydrogen) atoms. The van der Waals surface area contributed by atoms with Crippen LogP contribution in [0.1, 0.15) is 109 Å². The molecule has 1 atom stereocenters. The maximum absolute atomic E-state index is 14.6. The van der Waals surface area contributed by atoms with Gasteiger partial charge in [0.15, 0.2) is 5.78 Å². The number of carbonyl (C=O) groups is 4. The number of Topliss-reactive ketones (excluding diaryl/α,β-unsaturated/α-hetero) is 1. The number of fused-ring (bicyclic) bond motifs is 5. The molecule has 1 heterocycles. The van der Waals surface area contributed by atoms with E-state index in [4.69, 9.17) is 9.57 Å². The van der Waals surface area contributed by atoms with Gasteiger partial charge >= 0.3 is 11.9 Å². The number of rotatable bonds is 15. The molecule has 5 aromatic rings. The van der Waals surface area contributed by atoms with Crippen LogP contribution in [-0.2, 0) is 25.7 Å². The van der Waals surface area contributed by atoms with Gasteiger partial charge in [0.2, 0.25) is 5.78 Å². The monoisotopic (exact) mass is 688 g/mol. The molecular weight excluding hydrogens is 640 g/mol. The van der Waals surface area contributed by atoms with Crippen LogP contribution >= 0.6 is 0 Å². The van der Waals surface area contributed by atoms with Crippen LogP contribution in [0.15, 0.2) is 65.8 Å². The van der Waals surface area contributed by atoms with Crippen molar-refractivity contribution in [2.75, 3.05) is 6.61 Å². The van der Waals surface area contributed by atoms with Crippen molar-refractivity contribution in [3.8, 4) is 0 Å². The minimum atomic E-state index is -0.674. The lowest BCUT2D eigenvalue weighted by Crippen LogP contribution is -2.18. The first-order valence-corrected chi connectivity index (χ1v) is 18.0. The summed E-state index contributed by atoms with van der Waals surface area (Å²) in [4.78, 5) is 57.2. The Kier molecular flexibility index (Phi) is 11.9. The highest BCUT2D eigenvalue weighted by Gasteiger charge is 2.25. The zero-order valence-electron chi connectivity index (χ0n) is 30.9. The Labute approximate surface area is 299 Å². The number of esters is 1. The first kappa shape index (κ1) is 37.2. The summed E-state index contributed by atoms with van der Waals surface area (Å²) in [5.74, 6) is -1.21. The lowest BCUT2D eigenvalue weighted by molar-refractivity contribution is -0.143. The molecule has 0 amide bonds. The van der Waals surface area contributed by atoms with Gasteiger partial charge in [0.25, 0.3) is 0 Å². The summed E-state index contributed by atoms with van der Waals surface area (Å²) in [5, 5.41) is 7.41. The molecule has 8 nitrogen and oxygen atoms in total. The number of aryl methyl sites for hydroxylation is 3. The van der Waals surface area contributed by atoms with Crippen LogP contribution in [0.25, 0.3) is 32.6 Å². The minimum absolute atomic E-state index is 0.0413. The number of ether oxygens (including phenoxy) is 1. The van der Waals surface area contributed by atoms with E-state index in [1.807, 2.05) is 69.3 Å². The Morgan fingerprint density at radius 1 is 0.824 bits per heavy atom. The second-order valence-corrected chi connectivity index (χ2v) is 13.5. The highest BCUT2D eigenvalue weighted by molar-refractivity contribution is 6.46. The molecule has 4 aromatic carbocycles. The number of oxime groups is 1. The highest BCUT2D eigenvalue weighted by Crippen LogP contribution is 2.39.